The monoisotopic (exact) mass is 394 g/mol. The van der Waals surface area contributed by atoms with Gasteiger partial charge in [0, 0.05) is 24.3 Å². The molecule has 6 nitrogen and oxygen atoms in total. The Bertz CT molecular complexity index is 866. The van der Waals surface area contributed by atoms with Crippen LogP contribution in [0.5, 0.6) is 0 Å². The van der Waals surface area contributed by atoms with Crippen LogP contribution >= 0.6 is 0 Å². The summed E-state index contributed by atoms with van der Waals surface area (Å²) in [4.78, 5) is 12.3. The molecule has 0 saturated heterocycles. The Morgan fingerprint density at radius 1 is 1.11 bits per heavy atom. The van der Waals surface area contributed by atoms with Gasteiger partial charge in [-0.15, -0.1) is 0 Å². The van der Waals surface area contributed by atoms with Crippen molar-refractivity contribution < 1.29 is 22.9 Å². The van der Waals surface area contributed by atoms with E-state index in [1.165, 1.54) is 28.6 Å². The summed E-state index contributed by atoms with van der Waals surface area (Å²) in [7, 11) is -3.57. The van der Waals surface area contributed by atoms with Crippen molar-refractivity contribution in [1.29, 1.82) is 0 Å². The van der Waals surface area contributed by atoms with Crippen LogP contribution in [0.1, 0.15) is 19.4 Å². The van der Waals surface area contributed by atoms with Crippen LogP contribution in [-0.4, -0.2) is 38.3 Å². The SMILES string of the molecule is CCN(CC)S(=O)(=O)c1cccc(NC(=O)C[NH2+]Cc2ccc(F)cc2)c1. The molecule has 0 aliphatic carbocycles. The van der Waals surface area contributed by atoms with Gasteiger partial charge in [0.05, 0.1) is 4.90 Å². The molecule has 0 unspecified atom stereocenters. The zero-order valence-electron chi connectivity index (χ0n) is 15.5. The van der Waals surface area contributed by atoms with Crippen molar-refractivity contribution in [2.75, 3.05) is 25.0 Å². The van der Waals surface area contributed by atoms with Crippen LogP contribution in [0.2, 0.25) is 0 Å². The second kappa shape index (κ2) is 9.59. The maximum Gasteiger partial charge on any atom is 0.279 e. The van der Waals surface area contributed by atoms with Gasteiger partial charge >= 0.3 is 0 Å². The molecule has 0 spiro atoms. The van der Waals surface area contributed by atoms with Crippen LogP contribution in [0.4, 0.5) is 10.1 Å². The molecule has 0 radical (unpaired) electrons. The lowest BCUT2D eigenvalue weighted by Crippen LogP contribution is -2.84. The van der Waals surface area contributed by atoms with Crippen molar-refractivity contribution in [3.05, 3.63) is 59.9 Å². The second-order valence-electron chi connectivity index (χ2n) is 5.99. The minimum absolute atomic E-state index is 0.152. The molecule has 0 fully saturated rings. The third-order valence-corrected chi connectivity index (χ3v) is 6.13. The highest BCUT2D eigenvalue weighted by atomic mass is 32.2. The number of carbonyl (C=O) groups excluding carboxylic acids is 1. The van der Waals surface area contributed by atoms with Crippen LogP contribution in [0.3, 0.4) is 0 Å². The molecule has 0 aliphatic heterocycles. The summed E-state index contributed by atoms with van der Waals surface area (Å²) < 4.78 is 39.4. The molecule has 0 heterocycles. The van der Waals surface area contributed by atoms with E-state index in [-0.39, 0.29) is 23.2 Å². The molecule has 1 amide bonds. The number of hydrogen-bond donors (Lipinski definition) is 2. The van der Waals surface area contributed by atoms with Gasteiger partial charge < -0.3 is 10.6 Å². The average molecular weight is 394 g/mol. The van der Waals surface area contributed by atoms with Gasteiger partial charge in [0.1, 0.15) is 12.4 Å². The predicted octanol–water partition coefficient (Wildman–Crippen LogP) is 1.56. The zero-order chi connectivity index (χ0) is 19.9. The van der Waals surface area contributed by atoms with Gasteiger partial charge in [-0.05, 0) is 30.3 Å². The first-order valence-corrected chi connectivity index (χ1v) is 10.3. The topological polar surface area (TPSA) is 83.1 Å². The fraction of sp³-hybridized carbons (Fsp3) is 0.316. The Labute approximate surface area is 159 Å². The number of nitrogens with zero attached hydrogens (tertiary/aromatic N) is 1. The molecule has 0 aromatic heterocycles. The Morgan fingerprint density at radius 3 is 2.41 bits per heavy atom. The summed E-state index contributed by atoms with van der Waals surface area (Å²) in [5.74, 6) is -0.537. The van der Waals surface area contributed by atoms with Crippen LogP contribution < -0.4 is 10.6 Å². The Morgan fingerprint density at radius 2 is 1.78 bits per heavy atom. The van der Waals surface area contributed by atoms with Crippen LogP contribution in [0, 0.1) is 5.82 Å². The maximum atomic E-state index is 12.9. The summed E-state index contributed by atoms with van der Waals surface area (Å²) in [6.07, 6.45) is 0. The number of hydrogen-bond acceptors (Lipinski definition) is 3. The van der Waals surface area contributed by atoms with Crippen molar-refractivity contribution in [3.8, 4) is 0 Å². The van der Waals surface area contributed by atoms with Crippen molar-refractivity contribution in [2.24, 2.45) is 0 Å². The molecule has 0 bridgehead atoms. The minimum atomic E-state index is -3.57. The van der Waals surface area contributed by atoms with Crippen LogP contribution in [0.25, 0.3) is 0 Å². The number of quaternary nitrogens is 1. The van der Waals surface area contributed by atoms with E-state index in [1.807, 2.05) is 0 Å². The number of nitrogens with one attached hydrogen (secondary N) is 1. The largest absolute Gasteiger partial charge is 0.335 e. The number of nitrogens with two attached hydrogens (primary N) is 1. The standard InChI is InChI=1S/C19H24FN3O3S/c1-3-23(4-2)27(25,26)18-7-5-6-17(12-18)22-19(24)14-21-13-15-8-10-16(20)11-9-15/h5-12,21H,3-4,13-14H2,1-2H3,(H,22,24)/p+1. The maximum absolute atomic E-state index is 12.9. The lowest BCUT2D eigenvalue weighted by molar-refractivity contribution is -0.659. The van der Waals surface area contributed by atoms with E-state index in [4.69, 9.17) is 0 Å². The summed E-state index contributed by atoms with van der Waals surface area (Å²) in [5.41, 5.74) is 1.35. The number of carbonyl (C=O) groups is 1. The van der Waals surface area contributed by atoms with E-state index in [1.54, 1.807) is 43.4 Å². The van der Waals surface area contributed by atoms with Gasteiger partial charge in [-0.3, -0.25) is 4.79 Å². The lowest BCUT2D eigenvalue weighted by atomic mass is 10.2. The Kier molecular flexibility index (Phi) is 7.46. The Hall–Kier alpha value is -2.29. The van der Waals surface area contributed by atoms with Crippen LogP contribution in [0.15, 0.2) is 53.4 Å². The smallest absolute Gasteiger partial charge is 0.279 e. The van der Waals surface area contributed by atoms with E-state index >= 15 is 0 Å². The molecular formula is C19H25FN3O3S+. The second-order valence-corrected chi connectivity index (χ2v) is 7.93. The van der Waals surface area contributed by atoms with Gasteiger partial charge in [0.25, 0.3) is 5.91 Å². The fourth-order valence-electron chi connectivity index (χ4n) is 2.65. The lowest BCUT2D eigenvalue weighted by Gasteiger charge is -2.18. The quantitative estimate of drug-likeness (QED) is 0.677. The first kappa shape index (κ1) is 21.0. The molecule has 3 N–H and O–H groups in total. The molecule has 2 aromatic rings. The fourth-order valence-corrected chi connectivity index (χ4v) is 4.15. The van der Waals surface area contributed by atoms with E-state index in [9.17, 15) is 17.6 Å². The predicted molar refractivity (Wildman–Crippen MR) is 102 cm³/mol. The number of sulfonamides is 1. The molecule has 2 aromatic carbocycles. The number of benzene rings is 2. The number of rotatable bonds is 9. The first-order valence-electron chi connectivity index (χ1n) is 8.83. The molecule has 0 atom stereocenters. The third kappa shape index (κ3) is 5.85. The highest BCUT2D eigenvalue weighted by Crippen LogP contribution is 2.19. The number of amides is 1. The van der Waals surface area contributed by atoms with E-state index in [2.05, 4.69) is 5.32 Å². The first-order chi connectivity index (χ1) is 12.9. The summed E-state index contributed by atoms with van der Waals surface area (Å²) >= 11 is 0. The third-order valence-electron chi connectivity index (χ3n) is 4.08. The van der Waals surface area contributed by atoms with Gasteiger partial charge in [0.15, 0.2) is 6.54 Å². The van der Waals surface area contributed by atoms with Gasteiger partial charge in [-0.2, -0.15) is 4.31 Å². The Balaban J connectivity index is 1.95. The highest BCUT2D eigenvalue weighted by molar-refractivity contribution is 7.89. The summed E-state index contributed by atoms with van der Waals surface area (Å²) in [6.45, 7) is 5.04. The zero-order valence-corrected chi connectivity index (χ0v) is 16.3. The molecule has 2 rings (SSSR count). The normalized spacial score (nSPS) is 11.6. The molecule has 146 valence electrons. The van der Waals surface area contributed by atoms with E-state index < -0.39 is 10.0 Å². The highest BCUT2D eigenvalue weighted by Gasteiger charge is 2.21. The van der Waals surface area contributed by atoms with E-state index in [0.29, 0.717) is 25.3 Å². The molecule has 27 heavy (non-hydrogen) atoms. The molecular weight excluding hydrogens is 369 g/mol. The van der Waals surface area contributed by atoms with Gasteiger partial charge in [-0.25, -0.2) is 12.8 Å². The molecule has 0 aliphatic rings. The minimum Gasteiger partial charge on any atom is -0.335 e. The van der Waals surface area contributed by atoms with Gasteiger partial charge in [0.2, 0.25) is 10.0 Å². The molecule has 0 saturated carbocycles. The summed E-state index contributed by atoms with van der Waals surface area (Å²) in [5, 5.41) is 4.50. The van der Waals surface area contributed by atoms with Crippen molar-refractivity contribution in [2.45, 2.75) is 25.3 Å². The van der Waals surface area contributed by atoms with E-state index in [0.717, 1.165) is 5.56 Å². The summed E-state index contributed by atoms with van der Waals surface area (Å²) in [6, 6.07) is 12.3. The van der Waals surface area contributed by atoms with Gasteiger partial charge in [-0.1, -0.05) is 32.0 Å². The van der Waals surface area contributed by atoms with Crippen molar-refractivity contribution in [3.63, 3.8) is 0 Å². The van der Waals surface area contributed by atoms with Crippen molar-refractivity contribution >= 4 is 21.6 Å². The number of anilines is 1. The van der Waals surface area contributed by atoms with Crippen LogP contribution in [-0.2, 0) is 21.4 Å². The molecule has 8 heteroatoms. The average Bonchev–Trinajstić information content (AvgIpc) is 2.64. The number of halogens is 1. The van der Waals surface area contributed by atoms with Crippen molar-refractivity contribution in [1.82, 2.24) is 4.31 Å².